The lowest BCUT2D eigenvalue weighted by molar-refractivity contribution is 0.0691. The highest BCUT2D eigenvalue weighted by Crippen LogP contribution is 2.29. The van der Waals surface area contributed by atoms with Crippen LogP contribution in [0.2, 0.25) is 5.02 Å². The fourth-order valence-electron chi connectivity index (χ4n) is 2.27. The number of benzene rings is 1. The lowest BCUT2D eigenvalue weighted by Crippen LogP contribution is -2.03. The number of aromatic carboxylic acids is 1. The van der Waals surface area contributed by atoms with E-state index < -0.39 is 5.97 Å². The van der Waals surface area contributed by atoms with Crippen LogP contribution >= 0.6 is 11.6 Å². The second-order valence-corrected chi connectivity index (χ2v) is 5.35. The van der Waals surface area contributed by atoms with Gasteiger partial charge in [-0.25, -0.2) is 4.79 Å². The maximum atomic E-state index is 12.7. The molecule has 0 radical (unpaired) electrons. The maximum Gasteiger partial charge on any atom is 0.352 e. The van der Waals surface area contributed by atoms with Crippen LogP contribution in [0.5, 0.6) is 0 Å². The summed E-state index contributed by atoms with van der Waals surface area (Å²) in [7, 11) is 0. The van der Waals surface area contributed by atoms with Crippen LogP contribution in [0, 0.1) is 6.92 Å². The van der Waals surface area contributed by atoms with E-state index in [9.17, 15) is 9.59 Å². The predicted molar refractivity (Wildman–Crippen MR) is 82.9 cm³/mol. The molecule has 0 aliphatic rings. The van der Waals surface area contributed by atoms with Crippen molar-refractivity contribution in [3.63, 3.8) is 0 Å². The Hall–Kier alpha value is -2.86. The third-order valence-corrected chi connectivity index (χ3v) is 3.60. The molecule has 2 heterocycles. The molecule has 0 fully saturated rings. The minimum atomic E-state index is -1.14. The highest BCUT2D eigenvalue weighted by Gasteiger charge is 2.24. The number of ketones is 1. The molecule has 0 atom stereocenters. The summed E-state index contributed by atoms with van der Waals surface area (Å²) in [6.45, 7) is 1.62. The van der Waals surface area contributed by atoms with E-state index in [0.29, 0.717) is 22.0 Å². The molecule has 2 aromatic heterocycles. The summed E-state index contributed by atoms with van der Waals surface area (Å²) in [5.74, 6) is -1.16. The molecular formula is C16H11ClN2O4. The van der Waals surface area contributed by atoms with Crippen LogP contribution in [0.15, 0.2) is 41.1 Å². The normalized spacial score (nSPS) is 10.7. The summed E-state index contributed by atoms with van der Waals surface area (Å²) in [6.07, 6.45) is 1.35. The number of rotatable bonds is 4. The van der Waals surface area contributed by atoms with E-state index in [2.05, 4.69) is 10.1 Å². The van der Waals surface area contributed by atoms with Gasteiger partial charge in [0.2, 0.25) is 0 Å². The molecule has 0 saturated carbocycles. The summed E-state index contributed by atoms with van der Waals surface area (Å²) in [5.41, 5.74) is 1.45. The Bertz CT molecular complexity index is 910. The number of carbonyl (C=O) groups is 2. The van der Waals surface area contributed by atoms with Crippen LogP contribution in [0.4, 0.5) is 0 Å². The first-order chi connectivity index (χ1) is 11.0. The number of carboxylic acid groups (broad SMARTS) is 1. The smallest absolute Gasteiger partial charge is 0.352 e. The van der Waals surface area contributed by atoms with Crippen LogP contribution < -0.4 is 0 Å². The Morgan fingerprint density at radius 3 is 2.74 bits per heavy atom. The summed E-state index contributed by atoms with van der Waals surface area (Å²) >= 11 is 5.98. The van der Waals surface area contributed by atoms with Gasteiger partial charge in [0, 0.05) is 22.3 Å². The summed E-state index contributed by atoms with van der Waals surface area (Å²) in [4.78, 5) is 26.2. The molecule has 0 amide bonds. The number of aryl methyl sites for hydroxylation is 1. The van der Waals surface area contributed by atoms with Crippen molar-refractivity contribution in [3.05, 3.63) is 64.1 Å². The van der Waals surface area contributed by atoms with Gasteiger partial charge in [-0.2, -0.15) is 0 Å². The molecule has 3 rings (SSSR count). The number of nitrogens with one attached hydrogen (secondary N) is 1. The molecule has 116 valence electrons. The van der Waals surface area contributed by atoms with Gasteiger partial charge < -0.3 is 14.6 Å². The Morgan fingerprint density at radius 1 is 1.30 bits per heavy atom. The van der Waals surface area contributed by atoms with E-state index in [0.717, 1.165) is 0 Å². The number of aromatic nitrogens is 2. The van der Waals surface area contributed by atoms with Gasteiger partial charge in [0.05, 0.1) is 5.56 Å². The van der Waals surface area contributed by atoms with Gasteiger partial charge >= 0.3 is 5.97 Å². The van der Waals surface area contributed by atoms with Gasteiger partial charge in [0.1, 0.15) is 17.1 Å². The number of aromatic amines is 1. The van der Waals surface area contributed by atoms with Crippen molar-refractivity contribution in [1.82, 2.24) is 10.1 Å². The second-order valence-electron chi connectivity index (χ2n) is 4.91. The first-order valence-electron chi connectivity index (χ1n) is 6.66. The van der Waals surface area contributed by atoms with Crippen molar-refractivity contribution in [1.29, 1.82) is 0 Å². The van der Waals surface area contributed by atoms with Crippen molar-refractivity contribution in [2.24, 2.45) is 0 Å². The number of hydrogen-bond acceptors (Lipinski definition) is 4. The second kappa shape index (κ2) is 5.73. The van der Waals surface area contributed by atoms with Crippen LogP contribution in [-0.2, 0) is 0 Å². The molecule has 1 aromatic carbocycles. The molecule has 3 aromatic rings. The van der Waals surface area contributed by atoms with Crippen LogP contribution in [-0.4, -0.2) is 27.0 Å². The zero-order chi connectivity index (χ0) is 16.6. The Balaban J connectivity index is 2.07. The number of hydrogen-bond donors (Lipinski definition) is 2. The van der Waals surface area contributed by atoms with Crippen molar-refractivity contribution in [2.75, 3.05) is 0 Å². The average molecular weight is 331 g/mol. The number of carboxylic acids is 1. The van der Waals surface area contributed by atoms with Crippen LogP contribution in [0.3, 0.4) is 0 Å². The molecule has 2 N–H and O–H groups in total. The van der Waals surface area contributed by atoms with E-state index in [1.807, 2.05) is 0 Å². The summed E-state index contributed by atoms with van der Waals surface area (Å²) in [6, 6.07) is 8.17. The SMILES string of the molecule is Cc1onc(-c2cccc(Cl)c2)c1C(=O)c1c[nH]c(C(=O)O)c1. The zero-order valence-corrected chi connectivity index (χ0v) is 12.7. The van der Waals surface area contributed by atoms with Gasteiger partial charge in [-0.15, -0.1) is 0 Å². The quantitative estimate of drug-likeness (QED) is 0.713. The van der Waals surface area contributed by atoms with Gasteiger partial charge in [-0.05, 0) is 25.1 Å². The monoisotopic (exact) mass is 330 g/mol. The zero-order valence-electron chi connectivity index (χ0n) is 12.0. The highest BCUT2D eigenvalue weighted by atomic mass is 35.5. The molecule has 0 aliphatic heterocycles. The van der Waals surface area contributed by atoms with Crippen molar-refractivity contribution in [3.8, 4) is 11.3 Å². The van der Waals surface area contributed by atoms with Crippen molar-refractivity contribution in [2.45, 2.75) is 6.92 Å². The van der Waals surface area contributed by atoms with Gasteiger partial charge in [-0.3, -0.25) is 4.79 Å². The van der Waals surface area contributed by atoms with Gasteiger partial charge in [0.25, 0.3) is 0 Å². The third-order valence-electron chi connectivity index (χ3n) is 3.36. The lowest BCUT2D eigenvalue weighted by Gasteiger charge is -2.01. The van der Waals surface area contributed by atoms with Crippen molar-refractivity contribution >= 4 is 23.4 Å². The van der Waals surface area contributed by atoms with Crippen LogP contribution in [0.1, 0.15) is 32.2 Å². The topological polar surface area (TPSA) is 96.2 Å². The molecule has 0 unspecified atom stereocenters. The minimum Gasteiger partial charge on any atom is -0.477 e. The molecule has 0 aliphatic carbocycles. The molecule has 23 heavy (non-hydrogen) atoms. The van der Waals surface area contributed by atoms with Gasteiger partial charge in [-0.1, -0.05) is 28.9 Å². The van der Waals surface area contributed by atoms with E-state index in [4.69, 9.17) is 21.2 Å². The predicted octanol–water partition coefficient (Wildman–Crippen LogP) is 3.56. The molecule has 7 heteroatoms. The first-order valence-corrected chi connectivity index (χ1v) is 7.04. The van der Waals surface area contributed by atoms with E-state index in [-0.39, 0.29) is 22.6 Å². The fraction of sp³-hybridized carbons (Fsp3) is 0.0625. The highest BCUT2D eigenvalue weighted by molar-refractivity contribution is 6.30. The Morgan fingerprint density at radius 2 is 2.09 bits per heavy atom. The molecule has 0 saturated heterocycles. The third kappa shape index (κ3) is 2.76. The molecular weight excluding hydrogens is 320 g/mol. The summed E-state index contributed by atoms with van der Waals surface area (Å²) < 4.78 is 5.15. The van der Waals surface area contributed by atoms with E-state index in [1.165, 1.54) is 12.3 Å². The maximum absolute atomic E-state index is 12.7. The van der Waals surface area contributed by atoms with Crippen molar-refractivity contribution < 1.29 is 19.2 Å². The molecule has 0 bridgehead atoms. The average Bonchev–Trinajstić information content (AvgIpc) is 3.13. The van der Waals surface area contributed by atoms with Crippen LogP contribution in [0.25, 0.3) is 11.3 Å². The largest absolute Gasteiger partial charge is 0.477 e. The Kier molecular flexibility index (Phi) is 3.75. The number of carbonyl (C=O) groups excluding carboxylic acids is 1. The van der Waals surface area contributed by atoms with E-state index >= 15 is 0 Å². The minimum absolute atomic E-state index is 0.0632. The van der Waals surface area contributed by atoms with Gasteiger partial charge in [0.15, 0.2) is 5.78 Å². The number of halogens is 1. The standard InChI is InChI=1S/C16H11ClN2O4/c1-8-13(15(20)10-6-12(16(21)22)18-7-10)14(19-23-8)9-3-2-4-11(17)5-9/h2-7,18H,1H3,(H,21,22). The summed E-state index contributed by atoms with van der Waals surface area (Å²) in [5, 5.41) is 13.4. The number of H-pyrrole nitrogens is 1. The molecule has 6 nitrogen and oxygen atoms in total. The first kappa shape index (κ1) is 15.1. The Labute approximate surface area is 135 Å². The van der Waals surface area contributed by atoms with E-state index in [1.54, 1.807) is 31.2 Å². The lowest BCUT2D eigenvalue weighted by atomic mass is 9.99. The fourth-order valence-corrected chi connectivity index (χ4v) is 2.46. The molecule has 0 spiro atoms. The number of nitrogens with zero attached hydrogens (tertiary/aromatic N) is 1.